The first-order chi connectivity index (χ1) is 15.5. The van der Waals surface area contributed by atoms with Gasteiger partial charge in [0.1, 0.15) is 5.56 Å². The van der Waals surface area contributed by atoms with Crippen LogP contribution in [0.5, 0.6) is 0 Å². The van der Waals surface area contributed by atoms with E-state index in [2.05, 4.69) is 10.3 Å². The highest BCUT2D eigenvalue weighted by Crippen LogP contribution is 2.28. The number of nitrogens with one attached hydrogen (secondary N) is 1. The summed E-state index contributed by atoms with van der Waals surface area (Å²) in [5.74, 6) is -0.428. The molecule has 160 valence electrons. The van der Waals surface area contributed by atoms with E-state index in [9.17, 15) is 9.59 Å². The number of pyridine rings is 2. The second-order valence-corrected chi connectivity index (χ2v) is 7.70. The Bertz CT molecular complexity index is 1330. The van der Waals surface area contributed by atoms with Crippen molar-refractivity contribution in [3.63, 3.8) is 0 Å². The van der Waals surface area contributed by atoms with Gasteiger partial charge >= 0.3 is 0 Å². The molecular weight excluding hydrogens is 398 g/mol. The number of amides is 1. The maximum atomic E-state index is 13.6. The molecule has 5 heteroatoms. The molecule has 0 saturated heterocycles. The number of hydrogen-bond donors (Lipinski definition) is 1. The summed E-state index contributed by atoms with van der Waals surface area (Å²) in [5.41, 5.74) is 5.33. The van der Waals surface area contributed by atoms with Crippen molar-refractivity contribution >= 4 is 11.6 Å². The zero-order valence-corrected chi connectivity index (χ0v) is 18.4. The van der Waals surface area contributed by atoms with Crippen LogP contribution in [0.15, 0.2) is 83.9 Å². The van der Waals surface area contributed by atoms with Gasteiger partial charge in [0.25, 0.3) is 5.91 Å². The van der Waals surface area contributed by atoms with Crippen LogP contribution >= 0.6 is 0 Å². The fourth-order valence-electron chi connectivity index (χ4n) is 4.01. The molecule has 0 fully saturated rings. The number of aryl methyl sites for hydroxylation is 3. The highest BCUT2D eigenvalue weighted by Gasteiger charge is 2.23. The molecule has 1 amide bonds. The zero-order valence-electron chi connectivity index (χ0n) is 18.4. The Morgan fingerprint density at radius 1 is 1.00 bits per heavy atom. The molecule has 5 nitrogen and oxygen atoms in total. The van der Waals surface area contributed by atoms with Crippen LogP contribution in [0.25, 0.3) is 16.9 Å². The molecule has 0 aliphatic carbocycles. The van der Waals surface area contributed by atoms with E-state index in [1.54, 1.807) is 18.5 Å². The summed E-state index contributed by atoms with van der Waals surface area (Å²) < 4.78 is 1.94. The third kappa shape index (κ3) is 3.97. The summed E-state index contributed by atoms with van der Waals surface area (Å²) in [6.45, 7) is 5.86. The molecule has 2 aromatic heterocycles. The molecule has 32 heavy (non-hydrogen) atoms. The van der Waals surface area contributed by atoms with E-state index in [1.807, 2.05) is 79.9 Å². The minimum absolute atomic E-state index is 0.0951. The summed E-state index contributed by atoms with van der Waals surface area (Å²) in [4.78, 5) is 31.0. The number of benzene rings is 2. The quantitative estimate of drug-likeness (QED) is 0.472. The molecule has 0 aliphatic rings. The number of carbonyl (C=O) groups is 1. The number of aromatic nitrogens is 2. The van der Waals surface area contributed by atoms with Gasteiger partial charge in [0.05, 0.1) is 5.69 Å². The van der Waals surface area contributed by atoms with Crippen LogP contribution in [-0.4, -0.2) is 15.5 Å². The summed E-state index contributed by atoms with van der Waals surface area (Å²) in [6.07, 6.45) is 4.12. The number of para-hydroxylation sites is 2. The van der Waals surface area contributed by atoms with Gasteiger partial charge in [0, 0.05) is 41.1 Å². The van der Waals surface area contributed by atoms with Crippen LogP contribution in [0.2, 0.25) is 0 Å². The first-order valence-electron chi connectivity index (χ1n) is 10.6. The minimum Gasteiger partial charge on any atom is -0.321 e. The highest BCUT2D eigenvalue weighted by molar-refractivity contribution is 6.09. The number of anilines is 1. The van der Waals surface area contributed by atoms with E-state index in [4.69, 9.17) is 0 Å². The monoisotopic (exact) mass is 423 g/mol. The molecule has 2 heterocycles. The molecule has 0 aliphatic heterocycles. The first kappa shape index (κ1) is 21.2. The van der Waals surface area contributed by atoms with E-state index < -0.39 is 5.91 Å². The topological polar surface area (TPSA) is 64.0 Å². The maximum Gasteiger partial charge on any atom is 0.261 e. The summed E-state index contributed by atoms with van der Waals surface area (Å²) in [5, 5.41) is 3.02. The van der Waals surface area contributed by atoms with Crippen molar-refractivity contribution in [2.24, 2.45) is 0 Å². The highest BCUT2D eigenvalue weighted by atomic mass is 16.2. The van der Waals surface area contributed by atoms with Gasteiger partial charge in [-0.1, -0.05) is 43.3 Å². The van der Waals surface area contributed by atoms with Crippen LogP contribution in [0.1, 0.15) is 34.1 Å². The lowest BCUT2D eigenvalue weighted by atomic mass is 10.0. The predicted octanol–water partition coefficient (Wildman–Crippen LogP) is 5.33. The molecule has 4 aromatic rings. The van der Waals surface area contributed by atoms with Crippen LogP contribution in [-0.2, 0) is 6.42 Å². The van der Waals surface area contributed by atoms with Crippen LogP contribution in [0.4, 0.5) is 5.69 Å². The summed E-state index contributed by atoms with van der Waals surface area (Å²) in [7, 11) is 0. The van der Waals surface area contributed by atoms with Crippen LogP contribution in [0, 0.1) is 13.8 Å². The van der Waals surface area contributed by atoms with Crippen molar-refractivity contribution in [3.05, 3.63) is 112 Å². The van der Waals surface area contributed by atoms with E-state index in [0.29, 0.717) is 11.3 Å². The van der Waals surface area contributed by atoms with Crippen LogP contribution in [0.3, 0.4) is 0 Å². The van der Waals surface area contributed by atoms with E-state index in [1.165, 1.54) is 6.07 Å². The molecule has 2 aromatic carbocycles. The number of hydrogen-bond acceptors (Lipinski definition) is 3. The number of rotatable bonds is 5. The first-order valence-corrected chi connectivity index (χ1v) is 10.6. The lowest BCUT2D eigenvalue weighted by Crippen LogP contribution is -2.27. The second-order valence-electron chi connectivity index (χ2n) is 7.70. The lowest BCUT2D eigenvalue weighted by molar-refractivity contribution is 0.102. The molecule has 4 rings (SSSR count). The Balaban J connectivity index is 1.97. The SMILES string of the molecule is CCc1cccc(C)c1NC(=O)c1c(-c2cccnc2)n(-c2ccccc2)c(C)cc1=O. The largest absolute Gasteiger partial charge is 0.321 e. The fourth-order valence-corrected chi connectivity index (χ4v) is 4.01. The van der Waals surface area contributed by atoms with Crippen molar-refractivity contribution < 1.29 is 4.79 Å². The van der Waals surface area contributed by atoms with Gasteiger partial charge in [-0.15, -0.1) is 0 Å². The van der Waals surface area contributed by atoms with Crippen LogP contribution < -0.4 is 10.7 Å². The van der Waals surface area contributed by atoms with Crippen molar-refractivity contribution in [3.8, 4) is 16.9 Å². The van der Waals surface area contributed by atoms with E-state index >= 15 is 0 Å². The number of carbonyl (C=O) groups excluding carboxylic acids is 1. The Labute approximate surface area is 187 Å². The van der Waals surface area contributed by atoms with Gasteiger partial charge in [-0.05, 0) is 55.7 Å². The Kier molecular flexibility index (Phi) is 5.99. The van der Waals surface area contributed by atoms with E-state index in [-0.39, 0.29) is 11.0 Å². The Morgan fingerprint density at radius 2 is 1.78 bits per heavy atom. The van der Waals surface area contributed by atoms with Gasteiger partial charge in [-0.25, -0.2) is 0 Å². The van der Waals surface area contributed by atoms with Gasteiger partial charge in [-0.3, -0.25) is 14.6 Å². The average molecular weight is 424 g/mol. The predicted molar refractivity (Wildman–Crippen MR) is 129 cm³/mol. The Hall–Kier alpha value is -3.99. The normalized spacial score (nSPS) is 10.7. The van der Waals surface area contributed by atoms with Crippen molar-refractivity contribution in [1.29, 1.82) is 0 Å². The Morgan fingerprint density at radius 3 is 2.47 bits per heavy atom. The minimum atomic E-state index is -0.428. The van der Waals surface area contributed by atoms with Crippen molar-refractivity contribution in [2.75, 3.05) is 5.32 Å². The third-order valence-electron chi connectivity index (χ3n) is 5.55. The molecule has 0 saturated carbocycles. The number of nitrogens with zero attached hydrogens (tertiary/aromatic N) is 2. The van der Waals surface area contributed by atoms with Gasteiger partial charge < -0.3 is 9.88 Å². The smallest absolute Gasteiger partial charge is 0.261 e. The zero-order chi connectivity index (χ0) is 22.7. The third-order valence-corrected chi connectivity index (χ3v) is 5.55. The maximum absolute atomic E-state index is 13.6. The van der Waals surface area contributed by atoms with Gasteiger partial charge in [-0.2, -0.15) is 0 Å². The standard InChI is InChI=1S/C27H25N3O2/c1-4-20-11-8-10-18(2)25(20)29-27(32)24-23(31)16-19(3)30(22-13-6-5-7-14-22)26(24)21-12-9-15-28-17-21/h5-17H,4H2,1-3H3,(H,29,32). The molecule has 0 spiro atoms. The molecule has 0 radical (unpaired) electrons. The second kappa shape index (κ2) is 9.02. The fraction of sp³-hybridized carbons (Fsp3) is 0.148. The molecule has 1 N–H and O–H groups in total. The summed E-state index contributed by atoms with van der Waals surface area (Å²) >= 11 is 0. The average Bonchev–Trinajstić information content (AvgIpc) is 2.81. The van der Waals surface area contributed by atoms with Crippen molar-refractivity contribution in [1.82, 2.24) is 9.55 Å². The van der Waals surface area contributed by atoms with Crippen molar-refractivity contribution in [2.45, 2.75) is 27.2 Å². The van der Waals surface area contributed by atoms with Gasteiger partial charge in [0.15, 0.2) is 5.43 Å². The molecule has 0 atom stereocenters. The lowest BCUT2D eigenvalue weighted by Gasteiger charge is -2.21. The summed E-state index contributed by atoms with van der Waals surface area (Å²) in [6, 6.07) is 20.8. The molecule has 0 bridgehead atoms. The van der Waals surface area contributed by atoms with Gasteiger partial charge in [0.2, 0.25) is 0 Å². The van der Waals surface area contributed by atoms with E-state index in [0.717, 1.165) is 34.6 Å². The molecular formula is C27H25N3O2. The molecule has 0 unspecified atom stereocenters.